The number of carbonyl (C=O) groups excluding carboxylic acids is 1. The fourth-order valence-electron chi connectivity index (χ4n) is 1.31. The second-order valence-electron chi connectivity index (χ2n) is 3.71. The molecule has 1 aromatic rings. The maximum Gasteiger partial charge on any atom is 0.306 e. The van der Waals surface area contributed by atoms with Crippen LogP contribution in [-0.2, 0) is 19.4 Å². The van der Waals surface area contributed by atoms with E-state index in [1.807, 2.05) is 0 Å². The Morgan fingerprint density at radius 1 is 1.50 bits per heavy atom. The molecule has 0 bridgehead atoms. The lowest BCUT2D eigenvalue weighted by atomic mass is 10.3. The highest BCUT2D eigenvalue weighted by Gasteiger charge is 2.26. The monoisotopic (exact) mass is 294 g/mol. The molecule has 0 aliphatic carbocycles. The third-order valence-corrected chi connectivity index (χ3v) is 4.86. The molecule has 0 aliphatic heterocycles. The van der Waals surface area contributed by atoms with Crippen molar-refractivity contribution < 1.29 is 22.3 Å². The highest BCUT2D eigenvalue weighted by Crippen LogP contribution is 2.23. The van der Waals surface area contributed by atoms with Crippen LogP contribution in [0.5, 0.6) is 0 Å². The van der Waals surface area contributed by atoms with E-state index in [0.717, 1.165) is 18.2 Å². The number of hydrogen-bond acceptors (Lipinski definition) is 4. The third-order valence-electron chi connectivity index (χ3n) is 2.43. The van der Waals surface area contributed by atoms with Gasteiger partial charge in [0.25, 0.3) is 0 Å². The van der Waals surface area contributed by atoms with E-state index < -0.39 is 26.9 Å². The smallest absolute Gasteiger partial charge is 0.306 e. The van der Waals surface area contributed by atoms with Crippen LogP contribution in [-0.4, -0.2) is 26.7 Å². The second kappa shape index (κ2) is 5.67. The first-order chi connectivity index (χ1) is 8.28. The van der Waals surface area contributed by atoms with Crippen molar-refractivity contribution >= 4 is 27.4 Å². The van der Waals surface area contributed by atoms with Gasteiger partial charge in [-0.25, -0.2) is 12.8 Å². The predicted octanol–water partition coefficient (Wildman–Crippen LogP) is 2.20. The van der Waals surface area contributed by atoms with Crippen molar-refractivity contribution in [2.24, 2.45) is 0 Å². The van der Waals surface area contributed by atoms with Gasteiger partial charge in [-0.05, 0) is 25.1 Å². The van der Waals surface area contributed by atoms with Crippen molar-refractivity contribution in [3.8, 4) is 0 Å². The summed E-state index contributed by atoms with van der Waals surface area (Å²) in [5.41, 5.74) is 0. The summed E-state index contributed by atoms with van der Waals surface area (Å²) in [6.07, 6.45) is -0.270. The molecule has 0 saturated carbocycles. The first-order valence-corrected chi connectivity index (χ1v) is 6.97. The van der Waals surface area contributed by atoms with Gasteiger partial charge in [0.05, 0.1) is 28.7 Å². The molecule has 1 rings (SSSR count). The lowest BCUT2D eigenvalue weighted by Crippen LogP contribution is -2.22. The Labute approximate surface area is 110 Å². The van der Waals surface area contributed by atoms with E-state index in [0.29, 0.717) is 0 Å². The average molecular weight is 295 g/mol. The van der Waals surface area contributed by atoms with Crippen molar-refractivity contribution in [3.05, 3.63) is 29.0 Å². The topological polar surface area (TPSA) is 60.4 Å². The van der Waals surface area contributed by atoms with Crippen molar-refractivity contribution in [1.82, 2.24) is 0 Å². The van der Waals surface area contributed by atoms with E-state index in [-0.39, 0.29) is 16.3 Å². The molecule has 0 fully saturated rings. The van der Waals surface area contributed by atoms with Gasteiger partial charge >= 0.3 is 5.97 Å². The number of halogens is 2. The summed E-state index contributed by atoms with van der Waals surface area (Å²) in [5.74, 6) is -1.32. The van der Waals surface area contributed by atoms with E-state index in [9.17, 15) is 17.6 Å². The van der Waals surface area contributed by atoms with Crippen molar-refractivity contribution in [2.45, 2.75) is 23.5 Å². The zero-order valence-corrected chi connectivity index (χ0v) is 11.4. The van der Waals surface area contributed by atoms with E-state index in [4.69, 9.17) is 11.6 Å². The molecule has 0 saturated heterocycles. The van der Waals surface area contributed by atoms with Crippen LogP contribution in [0.4, 0.5) is 4.39 Å². The molecular weight excluding hydrogens is 283 g/mol. The molecule has 18 heavy (non-hydrogen) atoms. The van der Waals surface area contributed by atoms with Crippen molar-refractivity contribution in [2.75, 3.05) is 7.11 Å². The maximum atomic E-state index is 13.0. The summed E-state index contributed by atoms with van der Waals surface area (Å²) < 4.78 is 41.5. The highest BCUT2D eigenvalue weighted by molar-refractivity contribution is 7.92. The summed E-state index contributed by atoms with van der Waals surface area (Å²) in [4.78, 5) is 10.9. The van der Waals surface area contributed by atoms with Gasteiger partial charge < -0.3 is 4.74 Å². The summed E-state index contributed by atoms with van der Waals surface area (Å²) in [6.45, 7) is 1.38. The minimum Gasteiger partial charge on any atom is -0.469 e. The Morgan fingerprint density at radius 2 is 2.11 bits per heavy atom. The number of methoxy groups -OCH3 is 1. The van der Waals surface area contributed by atoms with E-state index in [1.54, 1.807) is 0 Å². The molecule has 0 spiro atoms. The Bertz CT molecular complexity index is 556. The normalized spacial score (nSPS) is 13.1. The highest BCUT2D eigenvalue weighted by atomic mass is 35.5. The largest absolute Gasteiger partial charge is 0.469 e. The second-order valence-corrected chi connectivity index (χ2v) is 6.49. The molecule has 0 aromatic heterocycles. The Morgan fingerprint density at radius 3 is 2.61 bits per heavy atom. The van der Waals surface area contributed by atoms with Crippen LogP contribution < -0.4 is 0 Å². The number of esters is 1. The number of rotatable bonds is 4. The molecule has 0 radical (unpaired) electrons. The van der Waals surface area contributed by atoms with Crippen LogP contribution in [0.15, 0.2) is 23.1 Å². The summed E-state index contributed by atoms with van der Waals surface area (Å²) >= 11 is 5.53. The summed E-state index contributed by atoms with van der Waals surface area (Å²) in [6, 6.07) is 3.12. The first-order valence-electron chi connectivity index (χ1n) is 5.04. The van der Waals surface area contributed by atoms with Gasteiger partial charge in [-0.2, -0.15) is 0 Å². The number of hydrogen-bond donors (Lipinski definition) is 0. The average Bonchev–Trinajstić information content (AvgIpc) is 2.32. The molecule has 0 N–H and O–H groups in total. The maximum absolute atomic E-state index is 13.0. The standard InChI is InChI=1S/C11H12ClFO4S/c1-7(5-11(14)17-2)18(15,16)8-3-4-10(13)9(12)6-8/h3-4,6-7H,5H2,1-2H3. The Balaban J connectivity index is 3.05. The first kappa shape index (κ1) is 14.9. The van der Waals surface area contributed by atoms with Crippen molar-refractivity contribution in [3.63, 3.8) is 0 Å². The number of carbonyl (C=O) groups is 1. The zero-order valence-electron chi connectivity index (χ0n) is 9.81. The Kier molecular flexibility index (Phi) is 4.70. The van der Waals surface area contributed by atoms with Crippen molar-refractivity contribution in [1.29, 1.82) is 0 Å². The minimum atomic E-state index is -3.74. The lowest BCUT2D eigenvalue weighted by molar-refractivity contribution is -0.140. The summed E-state index contributed by atoms with van der Waals surface area (Å²) in [7, 11) is -2.56. The van der Waals surface area contributed by atoms with Gasteiger partial charge in [-0.1, -0.05) is 11.6 Å². The lowest BCUT2D eigenvalue weighted by Gasteiger charge is -2.12. The predicted molar refractivity (Wildman–Crippen MR) is 64.7 cm³/mol. The molecule has 1 unspecified atom stereocenters. The van der Waals surface area contributed by atoms with E-state index in [1.165, 1.54) is 14.0 Å². The molecular formula is C11H12ClFO4S. The van der Waals surface area contributed by atoms with Crippen LogP contribution in [0.3, 0.4) is 0 Å². The summed E-state index contributed by atoms with van der Waals surface area (Å²) in [5, 5.41) is -1.24. The third kappa shape index (κ3) is 3.20. The fraction of sp³-hybridized carbons (Fsp3) is 0.364. The minimum absolute atomic E-state index is 0.120. The molecule has 4 nitrogen and oxygen atoms in total. The molecule has 0 heterocycles. The van der Waals surface area contributed by atoms with Gasteiger partial charge in [-0.15, -0.1) is 0 Å². The van der Waals surface area contributed by atoms with E-state index >= 15 is 0 Å². The Hall–Kier alpha value is -1.14. The van der Waals surface area contributed by atoms with Gasteiger partial charge in [0.15, 0.2) is 9.84 Å². The van der Waals surface area contributed by atoms with Crippen LogP contribution >= 0.6 is 11.6 Å². The molecule has 7 heteroatoms. The number of ether oxygens (including phenoxy) is 1. The molecule has 0 amide bonds. The quantitative estimate of drug-likeness (QED) is 0.631. The number of benzene rings is 1. The van der Waals surface area contributed by atoms with Crippen LogP contribution in [0, 0.1) is 5.82 Å². The fourth-order valence-corrected chi connectivity index (χ4v) is 2.92. The van der Waals surface area contributed by atoms with Crippen LogP contribution in [0.1, 0.15) is 13.3 Å². The van der Waals surface area contributed by atoms with E-state index in [2.05, 4.69) is 4.74 Å². The molecule has 1 aromatic carbocycles. The SMILES string of the molecule is COC(=O)CC(C)S(=O)(=O)c1ccc(F)c(Cl)c1. The van der Waals surface area contributed by atoms with Gasteiger partial charge in [0, 0.05) is 0 Å². The van der Waals surface area contributed by atoms with Gasteiger partial charge in [0.1, 0.15) is 5.82 Å². The molecule has 1 atom stereocenters. The van der Waals surface area contributed by atoms with Gasteiger partial charge in [0.2, 0.25) is 0 Å². The van der Waals surface area contributed by atoms with Crippen LogP contribution in [0.2, 0.25) is 5.02 Å². The zero-order chi connectivity index (χ0) is 13.9. The molecule has 0 aliphatic rings. The van der Waals surface area contributed by atoms with Gasteiger partial charge in [-0.3, -0.25) is 4.79 Å². The van der Waals surface area contributed by atoms with Crippen LogP contribution in [0.25, 0.3) is 0 Å². The number of sulfone groups is 1. The molecule has 100 valence electrons.